The number of rotatable bonds is 24. The van der Waals surface area contributed by atoms with Crippen LogP contribution in [-0.4, -0.2) is 126 Å². The zero-order valence-electron chi connectivity index (χ0n) is 38.0. The Hall–Kier alpha value is -5.87. The molecule has 0 aliphatic carbocycles. The quantitative estimate of drug-likeness (QED) is 0.0525. The van der Waals surface area contributed by atoms with E-state index >= 15 is 0 Å². The molecule has 1 heterocycles. The van der Waals surface area contributed by atoms with Gasteiger partial charge in [0.15, 0.2) is 6.10 Å². The van der Waals surface area contributed by atoms with E-state index in [4.69, 9.17) is 29.8 Å². The average Bonchev–Trinajstić information content (AvgIpc) is 3.22. The molecule has 1 aliphatic rings. The molecule has 0 saturated carbocycles. The van der Waals surface area contributed by atoms with Crippen LogP contribution in [0, 0.1) is 17.8 Å². The number of hydrogen-bond donors (Lipinski definition) is 9. The number of Topliss-reactive ketones (excluding diaryl/α,β-unsaturated/α-hetero) is 1. The summed E-state index contributed by atoms with van der Waals surface area (Å²) in [6.45, 7) is 13.8. The third kappa shape index (κ3) is 26.6. The Bertz CT molecular complexity index is 1690. The number of carboxylic acids is 2. The fourth-order valence-corrected chi connectivity index (χ4v) is 4.89. The number of aliphatic carboxylic acids is 2. The second kappa shape index (κ2) is 31.9. The number of hydrogen-bond acceptors (Lipinski definition) is 14. The monoisotopic (exact) mass is 912 g/mol. The highest BCUT2D eigenvalue weighted by molar-refractivity contribution is 5.97. The summed E-state index contributed by atoms with van der Waals surface area (Å²) in [6, 6.07) is 3.02. The van der Waals surface area contributed by atoms with Gasteiger partial charge in [-0.15, -0.1) is 0 Å². The van der Waals surface area contributed by atoms with E-state index in [1.807, 2.05) is 6.92 Å². The predicted molar refractivity (Wildman–Crippen MR) is 230 cm³/mol. The first-order chi connectivity index (χ1) is 30.0. The van der Waals surface area contributed by atoms with Gasteiger partial charge in [-0.1, -0.05) is 61.5 Å². The van der Waals surface area contributed by atoms with Gasteiger partial charge in [0, 0.05) is 44.6 Å². The molecule has 0 bridgehead atoms. The molecular weight excluding hydrogens is 844 g/mol. The molecule has 64 heavy (non-hydrogen) atoms. The number of nitrogens with two attached hydrogens (primary N) is 1. The Morgan fingerprint density at radius 1 is 0.828 bits per heavy atom. The molecule has 22 nitrogen and oxygen atoms in total. The SMILES string of the molecule is CC(C)C(=O)CCOCCC(=O)NCC(=O)NC(C(=O)NCC(=O)Nc1ccc(COC(=O)C(C)C)cc1OC1CC(O)CC(C(=O)O)O1)C(C)C.CCC(=O)O.CCCNC(N)=O. The summed E-state index contributed by atoms with van der Waals surface area (Å²) in [5.41, 5.74) is 5.33. The molecule has 4 unspecified atom stereocenters. The van der Waals surface area contributed by atoms with Crippen LogP contribution in [0.1, 0.15) is 99.5 Å². The number of carboxylic acid groups (broad SMARTS) is 2. The van der Waals surface area contributed by atoms with Crippen molar-refractivity contribution >= 4 is 59.0 Å². The number of primary amides is 1. The maximum Gasteiger partial charge on any atom is 0.333 e. The van der Waals surface area contributed by atoms with Gasteiger partial charge >= 0.3 is 23.9 Å². The molecule has 6 amide bonds. The van der Waals surface area contributed by atoms with E-state index in [1.54, 1.807) is 54.5 Å². The second-order valence-corrected chi connectivity index (χ2v) is 15.3. The molecular formula is C42H68N6O16. The van der Waals surface area contributed by atoms with Crippen molar-refractivity contribution < 1.29 is 77.4 Å². The standard InChI is InChI=1S/C35H52N4O13.C4H10N2O.C3H6O2/c1-19(2)25(41)9-11-49-12-10-28(42)36-16-30(44)39-32(20(3)4)33(45)37-17-29(43)38-24-8-7-22(18-50-35(48)21(5)6)13-26(24)51-31-15-23(40)14-27(52-31)34(46)47;1-2-3-6-4(5)7;1-2-3(4)5/h7-8,13,19-21,23,27,31-32,40H,9-12,14-18H2,1-6H3,(H,36,42)(H,37,45)(H,38,43)(H,39,44)(H,46,47);2-3H2,1H3,(H3,5,6,7);2H2,1H3,(H,4,5). The number of carbonyl (C=O) groups is 9. The van der Waals surface area contributed by atoms with E-state index in [0.29, 0.717) is 12.1 Å². The Kier molecular flexibility index (Phi) is 29.0. The van der Waals surface area contributed by atoms with Crippen LogP contribution < -0.4 is 37.1 Å². The molecule has 1 fully saturated rings. The van der Waals surface area contributed by atoms with Crippen molar-refractivity contribution in [3.05, 3.63) is 23.8 Å². The summed E-state index contributed by atoms with van der Waals surface area (Å²) in [5, 5.41) is 39.8. The Morgan fingerprint density at radius 2 is 1.45 bits per heavy atom. The number of amides is 6. The maximum absolute atomic E-state index is 13.0. The van der Waals surface area contributed by atoms with Gasteiger partial charge in [-0.25, -0.2) is 9.59 Å². The van der Waals surface area contributed by atoms with Gasteiger partial charge < -0.3 is 66.6 Å². The number of benzene rings is 1. The smallest absolute Gasteiger partial charge is 0.333 e. The minimum absolute atomic E-state index is 0.0219. The zero-order valence-corrected chi connectivity index (χ0v) is 38.0. The topological polar surface area (TPSA) is 337 Å². The summed E-state index contributed by atoms with van der Waals surface area (Å²) >= 11 is 0. The van der Waals surface area contributed by atoms with E-state index < -0.39 is 85.2 Å². The van der Waals surface area contributed by atoms with Gasteiger partial charge in [-0.2, -0.15) is 0 Å². The molecule has 362 valence electrons. The summed E-state index contributed by atoms with van der Waals surface area (Å²) < 4.78 is 21.9. The lowest BCUT2D eigenvalue weighted by Crippen LogP contribution is -2.52. The minimum Gasteiger partial charge on any atom is -0.481 e. The van der Waals surface area contributed by atoms with Crippen LogP contribution in [-0.2, 0) is 59.2 Å². The largest absolute Gasteiger partial charge is 0.481 e. The van der Waals surface area contributed by atoms with Gasteiger partial charge in [-0.3, -0.25) is 33.6 Å². The summed E-state index contributed by atoms with van der Waals surface area (Å²) in [5.74, 6) is -5.63. The van der Waals surface area contributed by atoms with Crippen LogP contribution in [0.4, 0.5) is 10.5 Å². The normalized spacial score (nSPS) is 15.8. The van der Waals surface area contributed by atoms with E-state index in [0.717, 1.165) is 6.42 Å². The number of carbonyl (C=O) groups excluding carboxylic acids is 7. The molecule has 0 spiro atoms. The van der Waals surface area contributed by atoms with Crippen LogP contribution in [0.2, 0.25) is 0 Å². The third-order valence-corrected chi connectivity index (χ3v) is 8.57. The molecule has 10 N–H and O–H groups in total. The zero-order chi connectivity index (χ0) is 48.9. The number of ether oxygens (including phenoxy) is 4. The highest BCUT2D eigenvalue weighted by atomic mass is 16.7. The van der Waals surface area contributed by atoms with Crippen molar-refractivity contribution in [3.8, 4) is 5.75 Å². The summed E-state index contributed by atoms with van der Waals surface area (Å²) in [6.07, 6.45) is -2.32. The van der Waals surface area contributed by atoms with E-state index in [2.05, 4.69) is 26.6 Å². The van der Waals surface area contributed by atoms with Gasteiger partial charge in [0.2, 0.25) is 29.9 Å². The van der Waals surface area contributed by atoms with E-state index in [9.17, 15) is 53.4 Å². The molecule has 1 aliphatic heterocycles. The molecule has 4 atom stereocenters. The first-order valence-electron chi connectivity index (χ1n) is 21.0. The van der Waals surface area contributed by atoms with Gasteiger partial charge in [0.1, 0.15) is 24.2 Å². The van der Waals surface area contributed by atoms with Gasteiger partial charge in [0.25, 0.3) is 0 Å². The molecule has 2 rings (SSSR count). The number of ketones is 1. The lowest BCUT2D eigenvalue weighted by atomic mass is 10.0. The lowest BCUT2D eigenvalue weighted by molar-refractivity contribution is -0.195. The van der Waals surface area contributed by atoms with Crippen molar-refractivity contribution in [2.45, 2.75) is 125 Å². The summed E-state index contributed by atoms with van der Waals surface area (Å²) in [4.78, 5) is 105. The number of aliphatic hydroxyl groups is 1. The second-order valence-electron chi connectivity index (χ2n) is 15.3. The van der Waals surface area contributed by atoms with Crippen molar-refractivity contribution in [1.82, 2.24) is 21.3 Å². The van der Waals surface area contributed by atoms with Crippen molar-refractivity contribution in [3.63, 3.8) is 0 Å². The number of nitrogens with one attached hydrogen (secondary N) is 5. The first-order valence-corrected chi connectivity index (χ1v) is 21.0. The highest BCUT2D eigenvalue weighted by Crippen LogP contribution is 2.31. The molecule has 0 radical (unpaired) electrons. The summed E-state index contributed by atoms with van der Waals surface area (Å²) in [7, 11) is 0. The molecule has 1 aromatic carbocycles. The first kappa shape index (κ1) is 58.1. The van der Waals surface area contributed by atoms with E-state index in [1.165, 1.54) is 12.1 Å². The average molecular weight is 913 g/mol. The van der Waals surface area contributed by atoms with Crippen molar-refractivity contribution in [2.24, 2.45) is 23.5 Å². The number of aliphatic hydroxyl groups excluding tert-OH is 1. The van der Waals surface area contributed by atoms with Crippen LogP contribution in [0.25, 0.3) is 0 Å². The Morgan fingerprint density at radius 3 is 1.98 bits per heavy atom. The highest BCUT2D eigenvalue weighted by Gasteiger charge is 2.34. The fourth-order valence-electron chi connectivity index (χ4n) is 4.89. The lowest BCUT2D eigenvalue weighted by Gasteiger charge is -2.31. The maximum atomic E-state index is 13.0. The van der Waals surface area contributed by atoms with Crippen LogP contribution >= 0.6 is 0 Å². The van der Waals surface area contributed by atoms with Gasteiger partial charge in [0.05, 0.1) is 44.0 Å². The Labute approximate surface area is 373 Å². The number of anilines is 1. The third-order valence-electron chi connectivity index (χ3n) is 8.57. The number of esters is 1. The molecule has 1 aromatic rings. The number of urea groups is 1. The fraction of sp³-hybridized carbons (Fsp3) is 0.643. The van der Waals surface area contributed by atoms with Gasteiger partial charge in [-0.05, 0) is 30.0 Å². The Balaban J connectivity index is 0.00000289. The van der Waals surface area contributed by atoms with Crippen molar-refractivity contribution in [2.75, 3.05) is 38.2 Å². The predicted octanol–water partition coefficient (Wildman–Crippen LogP) is 1.59. The van der Waals surface area contributed by atoms with Crippen LogP contribution in [0.15, 0.2) is 18.2 Å². The van der Waals surface area contributed by atoms with Crippen LogP contribution in [0.3, 0.4) is 0 Å². The van der Waals surface area contributed by atoms with Crippen molar-refractivity contribution in [1.29, 1.82) is 0 Å². The van der Waals surface area contributed by atoms with Crippen LogP contribution in [0.5, 0.6) is 5.75 Å². The molecule has 1 saturated heterocycles. The molecule has 22 heteroatoms. The molecule has 0 aromatic heterocycles. The minimum atomic E-state index is -1.32. The van der Waals surface area contributed by atoms with E-state index in [-0.39, 0.29) is 86.9 Å².